The van der Waals surface area contributed by atoms with Crippen molar-refractivity contribution in [2.24, 2.45) is 0 Å². The smallest absolute Gasteiger partial charge is 0.328 e. The second kappa shape index (κ2) is 6.39. The molecule has 0 atom stereocenters. The van der Waals surface area contributed by atoms with E-state index >= 15 is 0 Å². The van der Waals surface area contributed by atoms with E-state index < -0.39 is 5.97 Å². The first kappa shape index (κ1) is 14.3. The van der Waals surface area contributed by atoms with Crippen LogP contribution in [0.4, 0.5) is 11.4 Å². The Morgan fingerprint density at radius 1 is 1.20 bits per heavy atom. The van der Waals surface area contributed by atoms with Gasteiger partial charge in [-0.1, -0.05) is 40.2 Å². The highest BCUT2D eigenvalue weighted by Gasteiger charge is 2.08. The summed E-state index contributed by atoms with van der Waals surface area (Å²) in [6.45, 7) is 0. The number of hydrogen-bond donors (Lipinski definition) is 1. The van der Waals surface area contributed by atoms with Gasteiger partial charge in [-0.15, -0.1) is 0 Å². The molecular formula is C16H14BrNO2. The average Bonchev–Trinajstić information content (AvgIpc) is 2.46. The van der Waals surface area contributed by atoms with E-state index in [1.54, 1.807) is 6.08 Å². The zero-order chi connectivity index (χ0) is 14.5. The van der Waals surface area contributed by atoms with E-state index in [0.29, 0.717) is 0 Å². The van der Waals surface area contributed by atoms with Crippen molar-refractivity contribution in [3.05, 3.63) is 64.6 Å². The van der Waals surface area contributed by atoms with Gasteiger partial charge in [0.2, 0.25) is 0 Å². The Labute approximate surface area is 126 Å². The number of carboxylic acids is 1. The quantitative estimate of drug-likeness (QED) is 0.848. The minimum absolute atomic E-state index is 0.849. The van der Waals surface area contributed by atoms with Gasteiger partial charge in [0.15, 0.2) is 0 Å². The van der Waals surface area contributed by atoms with Crippen molar-refractivity contribution in [2.75, 3.05) is 11.9 Å². The lowest BCUT2D eigenvalue weighted by Gasteiger charge is -2.22. The van der Waals surface area contributed by atoms with Crippen LogP contribution in [0.5, 0.6) is 0 Å². The van der Waals surface area contributed by atoms with Crippen molar-refractivity contribution in [1.82, 2.24) is 0 Å². The van der Waals surface area contributed by atoms with Crippen molar-refractivity contribution in [2.45, 2.75) is 0 Å². The highest BCUT2D eigenvalue weighted by atomic mass is 79.9. The van der Waals surface area contributed by atoms with Crippen molar-refractivity contribution in [3.8, 4) is 0 Å². The summed E-state index contributed by atoms with van der Waals surface area (Å²) in [4.78, 5) is 12.7. The summed E-state index contributed by atoms with van der Waals surface area (Å²) in [5, 5.41) is 8.77. The molecule has 1 N–H and O–H groups in total. The third-order valence-corrected chi connectivity index (χ3v) is 3.40. The summed E-state index contributed by atoms with van der Waals surface area (Å²) < 4.78 is 0.947. The van der Waals surface area contributed by atoms with Crippen LogP contribution in [-0.4, -0.2) is 18.1 Å². The second-order valence-corrected chi connectivity index (χ2v) is 5.18. The molecule has 2 aromatic rings. The van der Waals surface area contributed by atoms with Gasteiger partial charge in [0.1, 0.15) is 0 Å². The number of anilines is 2. The summed E-state index contributed by atoms with van der Waals surface area (Å²) in [5.41, 5.74) is 2.82. The summed E-state index contributed by atoms with van der Waals surface area (Å²) in [5.74, 6) is -0.957. The summed E-state index contributed by atoms with van der Waals surface area (Å²) in [7, 11) is 1.95. The van der Waals surface area contributed by atoms with Gasteiger partial charge in [-0.25, -0.2) is 4.79 Å². The minimum atomic E-state index is -0.957. The molecule has 0 aliphatic rings. The lowest BCUT2D eigenvalue weighted by molar-refractivity contribution is -0.131. The van der Waals surface area contributed by atoms with E-state index in [0.717, 1.165) is 27.5 Å². The standard InChI is InChI=1S/C16H14BrNO2/c1-18(14-5-3-2-4-6-14)15-11-13(17)9-7-12(15)8-10-16(19)20/h2-11H,1H3,(H,19,20)/b10-8+. The fourth-order valence-corrected chi connectivity index (χ4v) is 2.25. The molecule has 2 aromatic carbocycles. The van der Waals surface area contributed by atoms with Gasteiger partial charge in [-0.3, -0.25) is 0 Å². The van der Waals surface area contributed by atoms with Crippen molar-refractivity contribution in [1.29, 1.82) is 0 Å². The first-order chi connectivity index (χ1) is 9.58. The van der Waals surface area contributed by atoms with E-state index in [9.17, 15) is 4.79 Å². The molecule has 0 unspecified atom stereocenters. The molecule has 0 fully saturated rings. The maximum absolute atomic E-state index is 10.7. The molecule has 0 spiro atoms. The highest BCUT2D eigenvalue weighted by Crippen LogP contribution is 2.30. The molecule has 2 rings (SSSR count). The van der Waals surface area contributed by atoms with Gasteiger partial charge < -0.3 is 10.0 Å². The molecule has 0 amide bonds. The van der Waals surface area contributed by atoms with Gasteiger partial charge >= 0.3 is 5.97 Å². The zero-order valence-electron chi connectivity index (χ0n) is 11.0. The summed E-state index contributed by atoms with van der Waals surface area (Å²) >= 11 is 3.45. The Hall–Kier alpha value is -2.07. The molecule has 0 aliphatic carbocycles. The fraction of sp³-hybridized carbons (Fsp3) is 0.0625. The van der Waals surface area contributed by atoms with Crippen LogP contribution in [-0.2, 0) is 4.79 Å². The van der Waals surface area contributed by atoms with Gasteiger partial charge in [0, 0.05) is 29.0 Å². The molecule has 0 aromatic heterocycles. The number of halogens is 1. The van der Waals surface area contributed by atoms with Crippen LogP contribution < -0.4 is 4.90 Å². The molecule has 4 heteroatoms. The Morgan fingerprint density at radius 2 is 1.90 bits per heavy atom. The molecule has 0 saturated carbocycles. The van der Waals surface area contributed by atoms with E-state index in [1.807, 2.05) is 60.5 Å². The third kappa shape index (κ3) is 3.48. The second-order valence-electron chi connectivity index (χ2n) is 4.27. The number of rotatable bonds is 4. The largest absolute Gasteiger partial charge is 0.478 e. The Balaban J connectivity index is 2.44. The predicted octanol–water partition coefficient (Wildman–Crippen LogP) is 4.31. The fourth-order valence-electron chi connectivity index (χ4n) is 1.90. The molecule has 0 bridgehead atoms. The van der Waals surface area contributed by atoms with E-state index in [4.69, 9.17) is 5.11 Å². The van der Waals surface area contributed by atoms with Crippen LogP contribution in [0.25, 0.3) is 6.08 Å². The third-order valence-electron chi connectivity index (χ3n) is 2.90. The molecule has 0 radical (unpaired) electrons. The summed E-state index contributed by atoms with van der Waals surface area (Å²) in [6.07, 6.45) is 2.75. The molecular weight excluding hydrogens is 318 g/mol. The maximum Gasteiger partial charge on any atom is 0.328 e. The highest BCUT2D eigenvalue weighted by molar-refractivity contribution is 9.10. The molecule has 20 heavy (non-hydrogen) atoms. The van der Waals surface area contributed by atoms with Gasteiger partial charge in [0.05, 0.1) is 0 Å². The number of para-hydroxylation sites is 1. The molecule has 0 heterocycles. The normalized spacial score (nSPS) is 10.7. The van der Waals surface area contributed by atoms with Crippen LogP contribution >= 0.6 is 15.9 Å². The van der Waals surface area contributed by atoms with E-state index in [1.165, 1.54) is 0 Å². The monoisotopic (exact) mass is 331 g/mol. The van der Waals surface area contributed by atoms with Gasteiger partial charge in [-0.05, 0) is 35.9 Å². The van der Waals surface area contributed by atoms with Gasteiger partial charge in [-0.2, -0.15) is 0 Å². The van der Waals surface area contributed by atoms with Crippen LogP contribution in [0.3, 0.4) is 0 Å². The van der Waals surface area contributed by atoms with Crippen molar-refractivity contribution < 1.29 is 9.90 Å². The predicted molar refractivity (Wildman–Crippen MR) is 85.3 cm³/mol. The number of aliphatic carboxylic acids is 1. The average molecular weight is 332 g/mol. The number of carboxylic acid groups (broad SMARTS) is 1. The van der Waals surface area contributed by atoms with Crippen LogP contribution in [0.1, 0.15) is 5.56 Å². The number of benzene rings is 2. The van der Waals surface area contributed by atoms with E-state index in [-0.39, 0.29) is 0 Å². The number of carbonyl (C=O) groups is 1. The van der Waals surface area contributed by atoms with E-state index in [2.05, 4.69) is 15.9 Å². The Bertz CT molecular complexity index is 638. The Morgan fingerprint density at radius 3 is 2.55 bits per heavy atom. The van der Waals surface area contributed by atoms with Gasteiger partial charge in [0.25, 0.3) is 0 Å². The van der Waals surface area contributed by atoms with Crippen molar-refractivity contribution in [3.63, 3.8) is 0 Å². The lowest BCUT2D eigenvalue weighted by Crippen LogP contribution is -2.10. The maximum atomic E-state index is 10.7. The molecule has 0 saturated heterocycles. The molecule has 102 valence electrons. The summed E-state index contributed by atoms with van der Waals surface area (Å²) in [6, 6.07) is 15.7. The van der Waals surface area contributed by atoms with Crippen LogP contribution in [0, 0.1) is 0 Å². The molecule has 0 aliphatic heterocycles. The topological polar surface area (TPSA) is 40.5 Å². The zero-order valence-corrected chi connectivity index (χ0v) is 12.5. The number of hydrogen-bond acceptors (Lipinski definition) is 2. The van der Waals surface area contributed by atoms with Crippen molar-refractivity contribution >= 4 is 39.4 Å². The number of nitrogens with zero attached hydrogens (tertiary/aromatic N) is 1. The first-order valence-electron chi connectivity index (χ1n) is 6.07. The molecule has 3 nitrogen and oxygen atoms in total. The lowest BCUT2D eigenvalue weighted by atomic mass is 10.1. The minimum Gasteiger partial charge on any atom is -0.478 e. The Kier molecular flexibility index (Phi) is 4.58. The van der Waals surface area contributed by atoms with Crippen LogP contribution in [0.2, 0.25) is 0 Å². The van der Waals surface area contributed by atoms with Crippen LogP contribution in [0.15, 0.2) is 59.1 Å². The first-order valence-corrected chi connectivity index (χ1v) is 6.86. The SMILES string of the molecule is CN(c1ccccc1)c1cc(Br)ccc1/C=C/C(=O)O.